The molecule has 3 rings (SSSR count). The van der Waals surface area contributed by atoms with Crippen LogP contribution in [0.1, 0.15) is 11.3 Å². The molecule has 1 unspecified atom stereocenters. The first kappa shape index (κ1) is 17.0. The van der Waals surface area contributed by atoms with E-state index in [1.54, 1.807) is 0 Å². The van der Waals surface area contributed by atoms with Crippen LogP contribution in [0.5, 0.6) is 0 Å². The van der Waals surface area contributed by atoms with Crippen LogP contribution in [0, 0.1) is 11.7 Å². The summed E-state index contributed by atoms with van der Waals surface area (Å²) in [6.07, 6.45) is 4.10. The largest absolute Gasteiger partial charge is 0.481 e. The van der Waals surface area contributed by atoms with Crippen molar-refractivity contribution in [1.29, 1.82) is 0 Å². The van der Waals surface area contributed by atoms with Crippen molar-refractivity contribution in [2.45, 2.75) is 4.90 Å². The SMILES string of the molecule is NS(=O)(=O)c1ccc(C2=CC(C(=O)O)C=C2c2ccc(F)cn2)cc1. The minimum atomic E-state index is -3.82. The number of allylic oxidation sites excluding steroid dienone is 2. The van der Waals surface area contributed by atoms with Gasteiger partial charge in [-0.05, 0) is 35.4 Å². The third-order valence-electron chi connectivity index (χ3n) is 3.76. The first-order valence-electron chi connectivity index (χ1n) is 7.18. The molecule has 3 N–H and O–H groups in total. The van der Waals surface area contributed by atoms with Gasteiger partial charge >= 0.3 is 5.97 Å². The third kappa shape index (κ3) is 3.49. The van der Waals surface area contributed by atoms with Gasteiger partial charge in [-0.2, -0.15) is 0 Å². The van der Waals surface area contributed by atoms with Crippen LogP contribution in [0.2, 0.25) is 0 Å². The van der Waals surface area contributed by atoms with Gasteiger partial charge in [-0.25, -0.2) is 17.9 Å². The van der Waals surface area contributed by atoms with Gasteiger partial charge in [0.15, 0.2) is 0 Å². The molecule has 0 fully saturated rings. The number of sulfonamides is 1. The Morgan fingerprint density at radius 1 is 1.08 bits per heavy atom. The van der Waals surface area contributed by atoms with Gasteiger partial charge in [-0.3, -0.25) is 9.78 Å². The number of primary sulfonamides is 1. The van der Waals surface area contributed by atoms with E-state index < -0.39 is 27.7 Å². The molecule has 0 spiro atoms. The Balaban J connectivity index is 2.05. The molecule has 0 aliphatic heterocycles. The Hall–Kier alpha value is -2.84. The number of nitrogens with two attached hydrogens (primary N) is 1. The summed E-state index contributed by atoms with van der Waals surface area (Å²) in [6.45, 7) is 0. The number of carboxylic acids is 1. The van der Waals surface area contributed by atoms with Gasteiger partial charge in [-0.15, -0.1) is 0 Å². The zero-order valence-corrected chi connectivity index (χ0v) is 13.6. The maximum atomic E-state index is 13.1. The van der Waals surface area contributed by atoms with E-state index in [0.717, 1.165) is 6.20 Å². The lowest BCUT2D eigenvalue weighted by atomic mass is 9.98. The van der Waals surface area contributed by atoms with Gasteiger partial charge in [0, 0.05) is 5.57 Å². The van der Waals surface area contributed by atoms with E-state index in [1.807, 2.05) is 0 Å². The zero-order valence-electron chi connectivity index (χ0n) is 12.8. The summed E-state index contributed by atoms with van der Waals surface area (Å²) in [4.78, 5) is 15.3. The van der Waals surface area contributed by atoms with Crippen molar-refractivity contribution in [2.24, 2.45) is 11.1 Å². The maximum Gasteiger partial charge on any atom is 0.314 e. The fourth-order valence-electron chi connectivity index (χ4n) is 2.56. The van der Waals surface area contributed by atoms with E-state index in [1.165, 1.54) is 48.6 Å². The number of carbonyl (C=O) groups is 1. The maximum absolute atomic E-state index is 13.1. The van der Waals surface area contributed by atoms with E-state index in [9.17, 15) is 22.7 Å². The fourth-order valence-corrected chi connectivity index (χ4v) is 3.08. The molecule has 0 radical (unpaired) electrons. The van der Waals surface area contributed by atoms with Crippen LogP contribution in [-0.2, 0) is 14.8 Å². The monoisotopic (exact) mass is 360 g/mol. The highest BCUT2D eigenvalue weighted by atomic mass is 32.2. The molecule has 6 nitrogen and oxygen atoms in total. The van der Waals surface area contributed by atoms with Crippen molar-refractivity contribution >= 4 is 27.1 Å². The molecular weight excluding hydrogens is 347 g/mol. The number of pyridine rings is 1. The summed E-state index contributed by atoms with van der Waals surface area (Å²) in [5.41, 5.74) is 2.14. The number of hydrogen-bond donors (Lipinski definition) is 2. The Kier molecular flexibility index (Phi) is 4.23. The second-order valence-electron chi connectivity index (χ2n) is 5.46. The normalized spacial score (nSPS) is 17.1. The summed E-state index contributed by atoms with van der Waals surface area (Å²) >= 11 is 0. The lowest BCUT2D eigenvalue weighted by Crippen LogP contribution is -2.11. The second kappa shape index (κ2) is 6.23. The summed E-state index contributed by atoms with van der Waals surface area (Å²) < 4.78 is 35.8. The van der Waals surface area contributed by atoms with Crippen LogP contribution in [0.3, 0.4) is 0 Å². The molecule has 0 saturated carbocycles. The van der Waals surface area contributed by atoms with Gasteiger partial charge in [-0.1, -0.05) is 24.3 Å². The van der Waals surface area contributed by atoms with E-state index in [0.29, 0.717) is 22.4 Å². The number of aromatic nitrogens is 1. The highest BCUT2D eigenvalue weighted by Crippen LogP contribution is 2.38. The van der Waals surface area contributed by atoms with Crippen LogP contribution in [0.4, 0.5) is 4.39 Å². The highest BCUT2D eigenvalue weighted by molar-refractivity contribution is 7.89. The van der Waals surface area contributed by atoms with Gasteiger partial charge in [0.25, 0.3) is 0 Å². The van der Waals surface area contributed by atoms with Crippen molar-refractivity contribution < 1.29 is 22.7 Å². The lowest BCUT2D eigenvalue weighted by molar-refractivity contribution is -0.138. The lowest BCUT2D eigenvalue weighted by Gasteiger charge is -2.09. The van der Waals surface area contributed by atoms with Crippen LogP contribution in [0.25, 0.3) is 11.1 Å². The van der Waals surface area contributed by atoms with E-state index >= 15 is 0 Å². The molecule has 0 saturated heterocycles. The van der Waals surface area contributed by atoms with Crippen molar-refractivity contribution in [3.63, 3.8) is 0 Å². The molecule has 1 aromatic carbocycles. The molecule has 0 amide bonds. The summed E-state index contributed by atoms with van der Waals surface area (Å²) in [5, 5.41) is 14.3. The van der Waals surface area contributed by atoms with Crippen molar-refractivity contribution in [1.82, 2.24) is 4.98 Å². The average molecular weight is 360 g/mol. The number of carboxylic acid groups (broad SMARTS) is 1. The fraction of sp³-hybridized carbons (Fsp3) is 0.0588. The van der Waals surface area contributed by atoms with Crippen LogP contribution >= 0.6 is 0 Å². The van der Waals surface area contributed by atoms with Gasteiger partial charge in [0.2, 0.25) is 10.0 Å². The number of nitrogens with zero attached hydrogens (tertiary/aromatic N) is 1. The third-order valence-corrected chi connectivity index (χ3v) is 4.69. The molecular formula is C17H13FN2O4S. The molecule has 1 aliphatic rings. The van der Waals surface area contributed by atoms with Crippen LogP contribution < -0.4 is 5.14 Å². The predicted octanol–water partition coefficient (Wildman–Crippen LogP) is 2.05. The highest BCUT2D eigenvalue weighted by Gasteiger charge is 2.25. The first-order chi connectivity index (χ1) is 11.8. The van der Waals surface area contributed by atoms with Crippen molar-refractivity contribution in [3.05, 3.63) is 71.8 Å². The Morgan fingerprint density at radius 2 is 1.72 bits per heavy atom. The topological polar surface area (TPSA) is 110 Å². The van der Waals surface area contributed by atoms with Gasteiger partial charge in [0.1, 0.15) is 5.82 Å². The quantitative estimate of drug-likeness (QED) is 0.867. The second-order valence-corrected chi connectivity index (χ2v) is 7.02. The average Bonchev–Trinajstić information content (AvgIpc) is 3.00. The van der Waals surface area contributed by atoms with E-state index in [-0.39, 0.29) is 4.90 Å². The molecule has 1 atom stereocenters. The predicted molar refractivity (Wildman–Crippen MR) is 89.1 cm³/mol. The molecule has 2 aromatic rings. The molecule has 1 aliphatic carbocycles. The number of halogens is 1. The molecule has 1 heterocycles. The number of benzene rings is 1. The molecule has 25 heavy (non-hydrogen) atoms. The Labute approximate surface area is 143 Å². The number of aliphatic carboxylic acids is 1. The van der Waals surface area contributed by atoms with E-state index in [4.69, 9.17) is 5.14 Å². The molecule has 128 valence electrons. The van der Waals surface area contributed by atoms with Crippen LogP contribution in [-0.4, -0.2) is 24.5 Å². The van der Waals surface area contributed by atoms with Gasteiger partial charge < -0.3 is 5.11 Å². The Morgan fingerprint density at radius 3 is 2.24 bits per heavy atom. The zero-order chi connectivity index (χ0) is 18.2. The summed E-state index contributed by atoms with van der Waals surface area (Å²) in [6, 6.07) is 8.45. The first-order valence-corrected chi connectivity index (χ1v) is 8.72. The molecule has 1 aromatic heterocycles. The summed E-state index contributed by atoms with van der Waals surface area (Å²) in [5.74, 6) is -2.38. The number of hydrogen-bond acceptors (Lipinski definition) is 4. The standard InChI is InChI=1S/C17H13FN2O4S/c18-12-3-6-16(20-9-12)15-8-11(17(21)22)7-14(15)10-1-4-13(5-2-10)25(19,23)24/h1-9,11H,(H,21,22)(H2,19,23,24). The minimum absolute atomic E-state index is 0.0462. The molecule has 8 heteroatoms. The summed E-state index contributed by atoms with van der Waals surface area (Å²) in [7, 11) is -3.82. The van der Waals surface area contributed by atoms with E-state index in [2.05, 4.69) is 4.98 Å². The number of rotatable bonds is 4. The minimum Gasteiger partial charge on any atom is -0.481 e. The Bertz CT molecular complexity index is 994. The van der Waals surface area contributed by atoms with Crippen LogP contribution in [0.15, 0.2) is 59.6 Å². The van der Waals surface area contributed by atoms with Gasteiger partial charge in [0.05, 0.1) is 22.7 Å². The van der Waals surface area contributed by atoms with Crippen molar-refractivity contribution in [3.8, 4) is 0 Å². The van der Waals surface area contributed by atoms with Crippen molar-refractivity contribution in [2.75, 3.05) is 0 Å². The smallest absolute Gasteiger partial charge is 0.314 e. The molecule has 0 bridgehead atoms.